The fraction of sp³-hybridized carbons (Fsp3) is 0.200. The third kappa shape index (κ3) is 4.09. The first-order valence-corrected chi connectivity index (χ1v) is 6.93. The highest BCUT2D eigenvalue weighted by Gasteiger charge is 2.18. The Bertz CT molecular complexity index is 684. The Morgan fingerprint density at radius 1 is 1.23 bits per heavy atom. The number of aliphatic hydroxyl groups excluding tert-OH is 1. The van der Waals surface area contributed by atoms with Gasteiger partial charge < -0.3 is 20.2 Å². The largest absolute Gasteiger partial charge is 0.464 e. The molecule has 0 bridgehead atoms. The van der Waals surface area contributed by atoms with Crippen LogP contribution in [0.3, 0.4) is 0 Å². The van der Waals surface area contributed by atoms with Crippen LogP contribution >= 0.6 is 11.6 Å². The first-order valence-electron chi connectivity index (χ1n) is 6.55. The summed E-state index contributed by atoms with van der Waals surface area (Å²) in [4.78, 5) is 23.4. The van der Waals surface area contributed by atoms with Crippen molar-refractivity contribution in [1.29, 1.82) is 0 Å². The molecule has 7 heteroatoms. The molecule has 2 aromatic rings. The lowest BCUT2D eigenvalue weighted by atomic mass is 10.2. The van der Waals surface area contributed by atoms with Crippen LogP contribution in [0, 0.1) is 6.92 Å². The zero-order valence-electron chi connectivity index (χ0n) is 11.8. The predicted molar refractivity (Wildman–Crippen MR) is 81.5 cm³/mol. The fourth-order valence-corrected chi connectivity index (χ4v) is 1.93. The molecule has 0 radical (unpaired) electrons. The topological polar surface area (TPSA) is 91.6 Å². The molecule has 1 heterocycles. The number of rotatable bonds is 4. The highest BCUT2D eigenvalue weighted by molar-refractivity contribution is 6.41. The Labute approximate surface area is 132 Å². The van der Waals surface area contributed by atoms with E-state index in [0.29, 0.717) is 22.2 Å². The van der Waals surface area contributed by atoms with E-state index in [1.807, 2.05) is 0 Å². The minimum atomic E-state index is -1.02. The minimum absolute atomic E-state index is 0.137. The molecule has 1 aromatic heterocycles. The smallest absolute Gasteiger partial charge is 0.313 e. The minimum Gasteiger partial charge on any atom is -0.464 e. The predicted octanol–water partition coefficient (Wildman–Crippen LogP) is 2.03. The lowest BCUT2D eigenvalue weighted by Crippen LogP contribution is -2.37. The molecule has 6 nitrogen and oxygen atoms in total. The number of nitrogens with one attached hydrogen (secondary N) is 2. The first-order chi connectivity index (χ1) is 10.5. The van der Waals surface area contributed by atoms with E-state index in [2.05, 4.69) is 10.6 Å². The molecule has 22 heavy (non-hydrogen) atoms. The van der Waals surface area contributed by atoms with Crippen molar-refractivity contribution in [2.75, 3.05) is 11.9 Å². The lowest BCUT2D eigenvalue weighted by Gasteiger charge is -2.10. The van der Waals surface area contributed by atoms with Crippen molar-refractivity contribution in [2.45, 2.75) is 13.0 Å². The van der Waals surface area contributed by atoms with E-state index >= 15 is 0 Å². The maximum atomic E-state index is 11.7. The van der Waals surface area contributed by atoms with Crippen molar-refractivity contribution in [3.63, 3.8) is 0 Å². The van der Waals surface area contributed by atoms with Crippen molar-refractivity contribution in [2.24, 2.45) is 0 Å². The van der Waals surface area contributed by atoms with Gasteiger partial charge in [0.25, 0.3) is 0 Å². The van der Waals surface area contributed by atoms with Crippen molar-refractivity contribution in [3.8, 4) is 0 Å². The standard InChI is InChI=1S/C15H15ClN2O4/c1-9-6-7-13(22-9)12(19)8-17-14(20)15(21)18-11-5-3-2-4-10(11)16/h2-7,12,19H,8H2,1H3,(H,17,20)(H,18,21). The molecule has 2 amide bonds. The summed E-state index contributed by atoms with van der Waals surface area (Å²) >= 11 is 5.88. The van der Waals surface area contributed by atoms with Crippen molar-refractivity contribution >= 4 is 29.1 Å². The zero-order chi connectivity index (χ0) is 16.1. The van der Waals surface area contributed by atoms with Crippen LogP contribution < -0.4 is 10.6 Å². The molecule has 1 atom stereocenters. The molecule has 1 aromatic carbocycles. The van der Waals surface area contributed by atoms with Crippen LogP contribution in [-0.2, 0) is 9.59 Å². The first kappa shape index (κ1) is 16.1. The fourth-order valence-electron chi connectivity index (χ4n) is 1.74. The van der Waals surface area contributed by atoms with E-state index < -0.39 is 17.9 Å². The number of anilines is 1. The molecular formula is C15H15ClN2O4. The molecule has 1 unspecified atom stereocenters. The number of para-hydroxylation sites is 1. The van der Waals surface area contributed by atoms with Crippen LogP contribution in [0.1, 0.15) is 17.6 Å². The second kappa shape index (κ2) is 7.11. The van der Waals surface area contributed by atoms with Crippen LogP contribution in [0.5, 0.6) is 0 Å². The van der Waals surface area contributed by atoms with Gasteiger partial charge in [-0.2, -0.15) is 0 Å². The highest BCUT2D eigenvalue weighted by Crippen LogP contribution is 2.20. The summed E-state index contributed by atoms with van der Waals surface area (Å²) in [6.45, 7) is 1.60. The number of hydrogen-bond acceptors (Lipinski definition) is 4. The molecule has 116 valence electrons. The Hall–Kier alpha value is -2.31. The summed E-state index contributed by atoms with van der Waals surface area (Å²) in [5.41, 5.74) is 0.339. The zero-order valence-corrected chi connectivity index (χ0v) is 12.6. The van der Waals surface area contributed by atoms with Gasteiger partial charge in [-0.05, 0) is 31.2 Å². The Balaban J connectivity index is 1.87. The third-order valence-electron chi connectivity index (χ3n) is 2.87. The summed E-state index contributed by atoms with van der Waals surface area (Å²) in [5.74, 6) is -0.765. The number of aryl methyl sites for hydroxylation is 1. The molecule has 0 spiro atoms. The molecule has 0 aliphatic rings. The normalized spacial score (nSPS) is 11.8. The van der Waals surface area contributed by atoms with Crippen LogP contribution in [0.25, 0.3) is 0 Å². The number of benzene rings is 1. The van der Waals surface area contributed by atoms with E-state index in [0.717, 1.165) is 0 Å². The second-order valence-electron chi connectivity index (χ2n) is 4.61. The Morgan fingerprint density at radius 3 is 2.59 bits per heavy atom. The Kier molecular flexibility index (Phi) is 5.19. The van der Waals surface area contributed by atoms with Gasteiger partial charge in [-0.1, -0.05) is 23.7 Å². The average molecular weight is 323 g/mol. The summed E-state index contributed by atoms with van der Waals surface area (Å²) in [6, 6.07) is 9.87. The number of carbonyl (C=O) groups is 2. The van der Waals surface area contributed by atoms with Crippen LogP contribution in [0.15, 0.2) is 40.8 Å². The molecule has 0 fully saturated rings. The van der Waals surface area contributed by atoms with Crippen LogP contribution in [0.4, 0.5) is 5.69 Å². The van der Waals surface area contributed by atoms with E-state index in [-0.39, 0.29) is 6.54 Å². The van der Waals surface area contributed by atoms with Crippen molar-refractivity contribution in [1.82, 2.24) is 5.32 Å². The highest BCUT2D eigenvalue weighted by atomic mass is 35.5. The lowest BCUT2D eigenvalue weighted by molar-refractivity contribution is -0.136. The van der Waals surface area contributed by atoms with Gasteiger partial charge in [0.1, 0.15) is 17.6 Å². The number of halogens is 1. The van der Waals surface area contributed by atoms with E-state index in [9.17, 15) is 14.7 Å². The van der Waals surface area contributed by atoms with Gasteiger partial charge in [0.05, 0.1) is 17.3 Å². The number of carbonyl (C=O) groups excluding carboxylic acids is 2. The number of hydrogen-bond donors (Lipinski definition) is 3. The summed E-state index contributed by atoms with van der Waals surface area (Å²) in [5, 5.41) is 14.9. The van der Waals surface area contributed by atoms with E-state index in [4.69, 9.17) is 16.0 Å². The SMILES string of the molecule is Cc1ccc(C(O)CNC(=O)C(=O)Nc2ccccc2Cl)o1. The van der Waals surface area contributed by atoms with Crippen molar-refractivity contribution in [3.05, 3.63) is 52.9 Å². The summed E-state index contributed by atoms with van der Waals surface area (Å²) < 4.78 is 5.23. The molecule has 0 aliphatic heterocycles. The number of aliphatic hydroxyl groups is 1. The number of amides is 2. The maximum absolute atomic E-state index is 11.7. The average Bonchev–Trinajstić information content (AvgIpc) is 2.93. The van der Waals surface area contributed by atoms with Gasteiger partial charge in [-0.25, -0.2) is 0 Å². The molecule has 0 aliphatic carbocycles. The van der Waals surface area contributed by atoms with Gasteiger partial charge in [0, 0.05) is 0 Å². The van der Waals surface area contributed by atoms with Crippen LogP contribution in [0.2, 0.25) is 5.02 Å². The monoisotopic (exact) mass is 322 g/mol. The van der Waals surface area contributed by atoms with E-state index in [1.54, 1.807) is 43.3 Å². The van der Waals surface area contributed by atoms with Crippen molar-refractivity contribution < 1.29 is 19.1 Å². The number of furan rings is 1. The molecule has 3 N–H and O–H groups in total. The molecule has 0 saturated carbocycles. The third-order valence-corrected chi connectivity index (χ3v) is 3.20. The molecular weight excluding hydrogens is 308 g/mol. The molecule has 2 rings (SSSR count). The summed E-state index contributed by atoms with van der Waals surface area (Å²) in [6.07, 6.45) is -1.02. The van der Waals surface area contributed by atoms with Gasteiger partial charge in [-0.3, -0.25) is 9.59 Å². The quantitative estimate of drug-likeness (QED) is 0.751. The van der Waals surface area contributed by atoms with Crippen LogP contribution in [-0.4, -0.2) is 23.5 Å². The van der Waals surface area contributed by atoms with Gasteiger partial charge >= 0.3 is 11.8 Å². The van der Waals surface area contributed by atoms with Gasteiger partial charge in [0.2, 0.25) is 0 Å². The second-order valence-corrected chi connectivity index (χ2v) is 5.02. The summed E-state index contributed by atoms with van der Waals surface area (Å²) in [7, 11) is 0. The van der Waals surface area contributed by atoms with E-state index in [1.165, 1.54) is 0 Å². The molecule has 0 saturated heterocycles. The Morgan fingerprint density at radius 2 is 1.95 bits per heavy atom. The van der Waals surface area contributed by atoms with Gasteiger partial charge in [-0.15, -0.1) is 0 Å². The maximum Gasteiger partial charge on any atom is 0.313 e. The van der Waals surface area contributed by atoms with Gasteiger partial charge in [0.15, 0.2) is 0 Å².